The largest absolute Gasteiger partial charge is 0.401 e. The number of amides is 3. The molecule has 1 saturated carbocycles. The Kier molecular flexibility index (Phi) is 5.74. The number of aromatic nitrogens is 3. The molecule has 3 aliphatic rings. The second-order valence-corrected chi connectivity index (χ2v) is 11.4. The van der Waals surface area contributed by atoms with Crippen LogP contribution in [0.1, 0.15) is 43.9 Å². The topological polar surface area (TPSA) is 109 Å². The SMILES string of the molecule is C[C@@]1(C(F)(F)F)CN(c2ccc([C@H]3C(F)(F)[C@]3(C)C(=O)NC3CCC(=O)NC3=O)cc2)c2cnc3cc(Cl)nn3c21. The van der Waals surface area contributed by atoms with Crippen molar-refractivity contribution in [3.05, 3.63) is 52.9 Å². The van der Waals surface area contributed by atoms with Gasteiger partial charge in [0.1, 0.15) is 16.9 Å². The fourth-order valence-corrected chi connectivity index (χ4v) is 6.06. The predicted octanol–water partition coefficient (Wildman–Crippen LogP) is 4.01. The number of imide groups is 1. The van der Waals surface area contributed by atoms with E-state index in [0.29, 0.717) is 5.69 Å². The molecule has 2 aromatic heterocycles. The summed E-state index contributed by atoms with van der Waals surface area (Å²) in [6.07, 6.45) is -3.41. The van der Waals surface area contributed by atoms with E-state index in [9.17, 15) is 27.6 Å². The zero-order chi connectivity index (χ0) is 29.7. The molecule has 2 fully saturated rings. The van der Waals surface area contributed by atoms with Gasteiger partial charge in [-0.1, -0.05) is 23.7 Å². The number of rotatable bonds is 4. The number of anilines is 2. The van der Waals surface area contributed by atoms with Crippen molar-refractivity contribution < 1.29 is 36.3 Å². The quantitative estimate of drug-likeness (QED) is 0.348. The Labute approximate surface area is 234 Å². The third-order valence-corrected chi connectivity index (χ3v) is 8.64. The molecule has 1 aliphatic carbocycles. The van der Waals surface area contributed by atoms with Crippen LogP contribution in [0.4, 0.5) is 33.3 Å². The van der Waals surface area contributed by atoms with Crippen molar-refractivity contribution in [3.63, 3.8) is 0 Å². The number of piperidine rings is 1. The molecule has 0 radical (unpaired) electrons. The number of nitrogens with zero attached hydrogens (tertiary/aromatic N) is 4. The molecule has 6 rings (SSSR count). The maximum absolute atomic E-state index is 15.1. The van der Waals surface area contributed by atoms with E-state index in [2.05, 4.69) is 20.7 Å². The fourth-order valence-electron chi connectivity index (χ4n) is 5.88. The van der Waals surface area contributed by atoms with Gasteiger partial charge in [-0.3, -0.25) is 19.7 Å². The molecule has 4 heterocycles. The number of benzene rings is 1. The van der Waals surface area contributed by atoms with E-state index in [1.165, 1.54) is 41.4 Å². The van der Waals surface area contributed by atoms with Crippen molar-refractivity contribution in [1.82, 2.24) is 25.2 Å². The minimum Gasteiger partial charge on any atom is -0.344 e. The van der Waals surface area contributed by atoms with Crippen LogP contribution >= 0.6 is 11.6 Å². The number of hydrogen-bond acceptors (Lipinski definition) is 6. The van der Waals surface area contributed by atoms with E-state index in [4.69, 9.17) is 11.6 Å². The number of hydrogen-bond donors (Lipinski definition) is 2. The van der Waals surface area contributed by atoms with E-state index in [-0.39, 0.29) is 40.6 Å². The lowest BCUT2D eigenvalue weighted by Gasteiger charge is -2.28. The fraction of sp³-hybridized carbons (Fsp3) is 0.423. The summed E-state index contributed by atoms with van der Waals surface area (Å²) in [5, 5.41) is 8.37. The highest BCUT2D eigenvalue weighted by molar-refractivity contribution is 6.29. The maximum Gasteiger partial charge on any atom is 0.401 e. The highest BCUT2D eigenvalue weighted by Gasteiger charge is 2.82. The summed E-state index contributed by atoms with van der Waals surface area (Å²) < 4.78 is 74.5. The van der Waals surface area contributed by atoms with Gasteiger partial charge in [0.15, 0.2) is 10.8 Å². The Hall–Kier alpha value is -3.81. The number of halogens is 6. The molecule has 216 valence electrons. The molecule has 4 atom stereocenters. The second kappa shape index (κ2) is 8.60. The average molecular weight is 597 g/mol. The van der Waals surface area contributed by atoms with E-state index in [1.54, 1.807) is 0 Å². The van der Waals surface area contributed by atoms with Gasteiger partial charge in [-0.05, 0) is 38.0 Å². The molecular weight excluding hydrogens is 575 g/mol. The smallest absolute Gasteiger partial charge is 0.344 e. The first kappa shape index (κ1) is 27.4. The highest BCUT2D eigenvalue weighted by atomic mass is 35.5. The lowest BCUT2D eigenvalue weighted by Crippen LogP contribution is -2.54. The van der Waals surface area contributed by atoms with Crippen LogP contribution in [0.15, 0.2) is 36.5 Å². The zero-order valence-corrected chi connectivity index (χ0v) is 22.3. The molecule has 1 unspecified atom stereocenters. The molecule has 15 heteroatoms. The summed E-state index contributed by atoms with van der Waals surface area (Å²) in [4.78, 5) is 41.8. The first-order valence-corrected chi connectivity index (χ1v) is 13.0. The van der Waals surface area contributed by atoms with E-state index in [0.717, 1.165) is 18.4 Å². The molecule has 3 amide bonds. The van der Waals surface area contributed by atoms with Crippen molar-refractivity contribution in [1.29, 1.82) is 0 Å². The average Bonchev–Trinajstić information content (AvgIpc) is 3.17. The van der Waals surface area contributed by atoms with E-state index in [1.807, 2.05) is 0 Å². The van der Waals surface area contributed by atoms with Crippen molar-refractivity contribution >= 4 is 46.3 Å². The normalized spacial score (nSPS) is 28.9. The van der Waals surface area contributed by atoms with Crippen molar-refractivity contribution in [2.45, 2.75) is 56.2 Å². The van der Waals surface area contributed by atoms with Crippen LogP contribution in [0.2, 0.25) is 5.15 Å². The molecule has 2 N–H and O–H groups in total. The van der Waals surface area contributed by atoms with Crippen LogP contribution in [-0.4, -0.2) is 57.0 Å². The summed E-state index contributed by atoms with van der Waals surface area (Å²) in [6.45, 7) is 1.62. The molecule has 9 nitrogen and oxygen atoms in total. The van der Waals surface area contributed by atoms with Gasteiger partial charge in [0.25, 0.3) is 5.92 Å². The van der Waals surface area contributed by atoms with Gasteiger partial charge in [-0.15, -0.1) is 0 Å². The highest BCUT2D eigenvalue weighted by Crippen LogP contribution is 2.71. The van der Waals surface area contributed by atoms with Crippen molar-refractivity contribution in [3.8, 4) is 0 Å². The van der Waals surface area contributed by atoms with Gasteiger partial charge in [0.05, 0.1) is 23.5 Å². The Balaban J connectivity index is 1.29. The van der Waals surface area contributed by atoms with E-state index < -0.39 is 59.2 Å². The molecule has 0 spiro atoms. The molecule has 41 heavy (non-hydrogen) atoms. The minimum absolute atomic E-state index is 0.00251. The minimum atomic E-state index is -4.67. The van der Waals surface area contributed by atoms with Crippen LogP contribution in [0.5, 0.6) is 0 Å². The van der Waals surface area contributed by atoms with Gasteiger partial charge < -0.3 is 10.2 Å². The van der Waals surface area contributed by atoms with Crippen LogP contribution in [0.3, 0.4) is 0 Å². The predicted molar refractivity (Wildman–Crippen MR) is 135 cm³/mol. The summed E-state index contributed by atoms with van der Waals surface area (Å²) in [6, 6.07) is 5.75. The number of carbonyl (C=O) groups is 3. The zero-order valence-electron chi connectivity index (χ0n) is 21.5. The summed E-state index contributed by atoms with van der Waals surface area (Å²) in [5.41, 5.74) is -4.00. The molecule has 3 aromatic rings. The monoisotopic (exact) mass is 596 g/mol. The van der Waals surface area contributed by atoms with Crippen LogP contribution < -0.4 is 15.5 Å². The van der Waals surface area contributed by atoms with Gasteiger partial charge in [0, 0.05) is 24.7 Å². The lowest BCUT2D eigenvalue weighted by molar-refractivity contribution is -0.181. The Morgan fingerprint density at radius 3 is 2.49 bits per heavy atom. The molecule has 0 bridgehead atoms. The number of nitrogens with one attached hydrogen (secondary N) is 2. The lowest BCUT2D eigenvalue weighted by atomic mass is 9.87. The standard InChI is InChI=1S/C26H22ClF5N6O3/c1-23(26(30,31)32)11-37(15-10-33-17-9-16(27)36-38(17)20(15)23)13-5-3-12(4-6-13)19-24(2,25(19,28)29)22(41)34-14-7-8-18(39)35-21(14)40/h3-6,9-10,14,19H,7-8,11H2,1-2H3,(H,34,41)(H,35,39,40)/t14?,19-,23-,24+/m1/s1. The van der Waals surface area contributed by atoms with Gasteiger partial charge in [-0.2, -0.15) is 18.3 Å². The van der Waals surface area contributed by atoms with Crippen molar-refractivity contribution in [2.75, 3.05) is 11.4 Å². The number of fused-ring (bicyclic) bond motifs is 3. The van der Waals surface area contributed by atoms with Gasteiger partial charge in [-0.25, -0.2) is 18.3 Å². The molecule has 2 aliphatic heterocycles. The van der Waals surface area contributed by atoms with Crippen LogP contribution in [-0.2, 0) is 19.8 Å². The molecule has 1 saturated heterocycles. The van der Waals surface area contributed by atoms with Gasteiger partial charge in [0.2, 0.25) is 17.7 Å². The first-order chi connectivity index (χ1) is 19.1. The van der Waals surface area contributed by atoms with Crippen LogP contribution in [0, 0.1) is 5.41 Å². The maximum atomic E-state index is 15.1. The van der Waals surface area contributed by atoms with Crippen molar-refractivity contribution in [2.24, 2.45) is 5.41 Å². The summed E-state index contributed by atoms with van der Waals surface area (Å²) in [5.74, 6) is -7.29. The third kappa shape index (κ3) is 3.82. The van der Waals surface area contributed by atoms with E-state index >= 15 is 8.78 Å². The molecule has 1 aromatic carbocycles. The third-order valence-electron chi connectivity index (χ3n) is 8.45. The second-order valence-electron chi connectivity index (χ2n) is 11.0. The summed E-state index contributed by atoms with van der Waals surface area (Å²) in [7, 11) is 0. The Morgan fingerprint density at radius 1 is 1.17 bits per heavy atom. The van der Waals surface area contributed by atoms with Gasteiger partial charge >= 0.3 is 6.18 Å². The Morgan fingerprint density at radius 2 is 1.85 bits per heavy atom. The molecular formula is C26H22ClF5N6O3. The first-order valence-electron chi connectivity index (χ1n) is 12.6. The summed E-state index contributed by atoms with van der Waals surface area (Å²) >= 11 is 5.94. The van der Waals surface area contributed by atoms with Crippen LogP contribution in [0.25, 0.3) is 5.65 Å². The Bertz CT molecular complexity index is 1630. The number of alkyl halides is 5. The number of carbonyl (C=O) groups excluding carboxylic acids is 3.